The number of rotatable bonds is 1. The van der Waals surface area contributed by atoms with Crippen molar-refractivity contribution in [3.05, 3.63) is 11.6 Å². The molecule has 0 aromatic heterocycles. The van der Waals surface area contributed by atoms with Crippen molar-refractivity contribution in [3.63, 3.8) is 0 Å². The molecule has 0 bridgehead atoms. The maximum atomic E-state index is 11.5. The summed E-state index contributed by atoms with van der Waals surface area (Å²) in [5.41, 5.74) is 1.41. The van der Waals surface area contributed by atoms with Gasteiger partial charge in [0.15, 0.2) is 0 Å². The molecule has 1 heterocycles. The second kappa shape index (κ2) is 6.63. The first-order chi connectivity index (χ1) is 6.61. The van der Waals surface area contributed by atoms with E-state index in [0.717, 1.165) is 19.5 Å². The Morgan fingerprint density at radius 2 is 2.00 bits per heavy atom. The van der Waals surface area contributed by atoms with Crippen molar-refractivity contribution < 1.29 is 4.79 Å². The Labute approximate surface area is 88.0 Å². The van der Waals surface area contributed by atoms with Gasteiger partial charge >= 0.3 is 0 Å². The summed E-state index contributed by atoms with van der Waals surface area (Å²) in [6, 6.07) is 0. The minimum Gasteiger partial charge on any atom is -0.338 e. The average Bonchev–Trinajstić information content (AvgIpc) is 2.21. The number of hydrogen-bond donors (Lipinski definition) is 0. The first-order valence-electron chi connectivity index (χ1n) is 5.55. The summed E-state index contributed by atoms with van der Waals surface area (Å²) in [6.07, 6.45) is 3.18. The van der Waals surface area contributed by atoms with E-state index in [-0.39, 0.29) is 11.8 Å². The van der Waals surface area contributed by atoms with Crippen molar-refractivity contribution in [3.8, 4) is 0 Å². The molecule has 1 aliphatic heterocycles. The number of carbonyl (C=O) groups is 1. The fraction of sp³-hybridized carbons (Fsp3) is 0.750. The molecule has 0 unspecified atom stereocenters. The zero-order chi connectivity index (χ0) is 11.1. The van der Waals surface area contributed by atoms with E-state index < -0.39 is 0 Å². The fourth-order valence-electron chi connectivity index (χ4n) is 1.34. The molecule has 2 nitrogen and oxygen atoms in total. The Bertz CT molecular complexity index is 206. The highest BCUT2D eigenvalue weighted by molar-refractivity contribution is 5.78. The predicted octanol–water partition coefficient (Wildman–Crippen LogP) is 2.85. The largest absolute Gasteiger partial charge is 0.338 e. The first kappa shape index (κ1) is 13.2. The van der Waals surface area contributed by atoms with Gasteiger partial charge in [-0.3, -0.25) is 4.79 Å². The lowest BCUT2D eigenvalue weighted by molar-refractivity contribution is -0.134. The van der Waals surface area contributed by atoms with Crippen LogP contribution in [0.5, 0.6) is 0 Å². The molecule has 1 amide bonds. The van der Waals surface area contributed by atoms with E-state index in [0.29, 0.717) is 0 Å². The molecule has 14 heavy (non-hydrogen) atoms. The van der Waals surface area contributed by atoms with Crippen LogP contribution in [-0.2, 0) is 4.79 Å². The van der Waals surface area contributed by atoms with Gasteiger partial charge in [-0.1, -0.05) is 39.3 Å². The van der Waals surface area contributed by atoms with Crippen LogP contribution in [0.2, 0.25) is 0 Å². The Kier molecular flexibility index (Phi) is 6.26. The summed E-state index contributed by atoms with van der Waals surface area (Å²) in [6.45, 7) is 11.7. The van der Waals surface area contributed by atoms with Crippen molar-refractivity contribution in [1.82, 2.24) is 4.90 Å². The maximum absolute atomic E-state index is 11.5. The Morgan fingerprint density at radius 3 is 2.36 bits per heavy atom. The van der Waals surface area contributed by atoms with Crippen molar-refractivity contribution in [2.45, 2.75) is 41.0 Å². The summed E-state index contributed by atoms with van der Waals surface area (Å²) >= 11 is 0. The number of nitrogens with zero attached hydrogens (tertiary/aromatic N) is 1. The normalized spacial score (nSPS) is 15.9. The molecular formula is C12H23NO. The highest BCUT2D eigenvalue weighted by Gasteiger charge is 2.17. The van der Waals surface area contributed by atoms with Crippen LogP contribution in [0.4, 0.5) is 0 Å². The maximum Gasteiger partial charge on any atom is 0.225 e. The van der Waals surface area contributed by atoms with Gasteiger partial charge in [0.05, 0.1) is 0 Å². The summed E-state index contributed by atoms with van der Waals surface area (Å²) in [5.74, 6) is 0.413. The van der Waals surface area contributed by atoms with Crippen molar-refractivity contribution in [2.24, 2.45) is 5.92 Å². The van der Waals surface area contributed by atoms with Crippen LogP contribution < -0.4 is 0 Å². The molecule has 1 aliphatic rings. The number of hydrogen-bond acceptors (Lipinski definition) is 1. The van der Waals surface area contributed by atoms with E-state index in [1.807, 2.05) is 32.6 Å². The van der Waals surface area contributed by atoms with Crippen LogP contribution in [0, 0.1) is 5.92 Å². The standard InChI is InChI=1S/C10H17NO.C2H6/c1-8(2)10(12)11-6-4-9(3)5-7-11;1-2/h4,8H,5-7H2,1-3H3;1-2H3. The Morgan fingerprint density at radius 1 is 1.43 bits per heavy atom. The van der Waals surface area contributed by atoms with Gasteiger partial charge < -0.3 is 4.90 Å². The summed E-state index contributed by atoms with van der Waals surface area (Å²) in [4.78, 5) is 13.4. The monoisotopic (exact) mass is 197 g/mol. The SMILES string of the molecule is CC.CC1=CCN(C(=O)C(C)C)CC1. The molecule has 0 saturated carbocycles. The van der Waals surface area contributed by atoms with Gasteiger partial charge in [0.1, 0.15) is 0 Å². The van der Waals surface area contributed by atoms with Crippen molar-refractivity contribution in [1.29, 1.82) is 0 Å². The molecule has 0 aromatic rings. The van der Waals surface area contributed by atoms with Gasteiger partial charge in [-0.15, -0.1) is 0 Å². The average molecular weight is 197 g/mol. The molecule has 0 atom stereocenters. The molecule has 0 spiro atoms. The fourth-order valence-corrected chi connectivity index (χ4v) is 1.34. The molecule has 0 radical (unpaired) electrons. The molecule has 0 aromatic carbocycles. The van der Waals surface area contributed by atoms with Gasteiger partial charge in [-0.25, -0.2) is 0 Å². The zero-order valence-electron chi connectivity index (χ0n) is 10.1. The molecule has 0 fully saturated rings. The minimum absolute atomic E-state index is 0.136. The second-order valence-corrected chi connectivity index (χ2v) is 3.74. The van der Waals surface area contributed by atoms with E-state index >= 15 is 0 Å². The third-order valence-corrected chi connectivity index (χ3v) is 2.24. The summed E-state index contributed by atoms with van der Waals surface area (Å²) in [5, 5.41) is 0. The summed E-state index contributed by atoms with van der Waals surface area (Å²) in [7, 11) is 0. The molecule has 0 aliphatic carbocycles. The second-order valence-electron chi connectivity index (χ2n) is 3.74. The minimum atomic E-state index is 0.136. The van der Waals surface area contributed by atoms with E-state index in [9.17, 15) is 4.79 Å². The summed E-state index contributed by atoms with van der Waals surface area (Å²) < 4.78 is 0. The van der Waals surface area contributed by atoms with Gasteiger partial charge in [0, 0.05) is 19.0 Å². The van der Waals surface area contributed by atoms with Crippen LogP contribution in [0.15, 0.2) is 11.6 Å². The lowest BCUT2D eigenvalue weighted by Gasteiger charge is -2.26. The third kappa shape index (κ3) is 3.95. The van der Waals surface area contributed by atoms with E-state index in [4.69, 9.17) is 0 Å². The smallest absolute Gasteiger partial charge is 0.225 e. The van der Waals surface area contributed by atoms with Crippen LogP contribution in [0.1, 0.15) is 41.0 Å². The molecule has 82 valence electrons. The van der Waals surface area contributed by atoms with Crippen LogP contribution >= 0.6 is 0 Å². The Balaban J connectivity index is 0.000000791. The zero-order valence-corrected chi connectivity index (χ0v) is 10.1. The third-order valence-electron chi connectivity index (χ3n) is 2.24. The lowest BCUT2D eigenvalue weighted by Crippen LogP contribution is -2.37. The molecule has 1 rings (SSSR count). The van der Waals surface area contributed by atoms with E-state index in [1.165, 1.54) is 5.57 Å². The first-order valence-corrected chi connectivity index (χ1v) is 5.55. The molecule has 0 N–H and O–H groups in total. The van der Waals surface area contributed by atoms with Gasteiger partial charge in [0.25, 0.3) is 0 Å². The quantitative estimate of drug-likeness (QED) is 0.592. The molecule has 0 saturated heterocycles. The van der Waals surface area contributed by atoms with Gasteiger partial charge in [-0.2, -0.15) is 0 Å². The molecular weight excluding hydrogens is 174 g/mol. The van der Waals surface area contributed by atoms with Gasteiger partial charge in [0.2, 0.25) is 5.91 Å². The van der Waals surface area contributed by atoms with Crippen molar-refractivity contribution in [2.75, 3.05) is 13.1 Å². The van der Waals surface area contributed by atoms with E-state index in [1.54, 1.807) is 0 Å². The number of amides is 1. The number of carbonyl (C=O) groups excluding carboxylic acids is 1. The van der Waals surface area contributed by atoms with Crippen LogP contribution in [0.25, 0.3) is 0 Å². The lowest BCUT2D eigenvalue weighted by atomic mass is 10.1. The van der Waals surface area contributed by atoms with Gasteiger partial charge in [-0.05, 0) is 13.3 Å². The Hall–Kier alpha value is -0.790. The predicted molar refractivity (Wildman–Crippen MR) is 61.1 cm³/mol. The van der Waals surface area contributed by atoms with Crippen LogP contribution in [-0.4, -0.2) is 23.9 Å². The van der Waals surface area contributed by atoms with Crippen molar-refractivity contribution >= 4 is 5.91 Å². The van der Waals surface area contributed by atoms with Crippen LogP contribution in [0.3, 0.4) is 0 Å². The van der Waals surface area contributed by atoms with E-state index in [2.05, 4.69) is 13.0 Å². The highest BCUT2D eigenvalue weighted by atomic mass is 16.2. The highest BCUT2D eigenvalue weighted by Crippen LogP contribution is 2.11. The molecule has 2 heteroatoms. The topological polar surface area (TPSA) is 20.3 Å².